The lowest BCUT2D eigenvalue weighted by atomic mass is 9.80. The molecule has 0 atom stereocenters. The van der Waals surface area contributed by atoms with Crippen LogP contribution in [0.25, 0.3) is 0 Å². The first kappa shape index (κ1) is 23.0. The molecule has 4 rings (SSSR count). The summed E-state index contributed by atoms with van der Waals surface area (Å²) < 4.78 is 0. The molecule has 0 unspecified atom stereocenters. The van der Waals surface area contributed by atoms with Crippen molar-refractivity contribution in [2.75, 3.05) is 16.8 Å². The SMILES string of the molecule is Cc1ccc(N2C(=O)N(CC(=O)Nc3c(C)cccc3C(C)C)C(=O)C23CCCCC3)cc1. The molecular formula is C27H33N3O3. The Hall–Kier alpha value is -3.15. The Morgan fingerprint density at radius 1 is 1.00 bits per heavy atom. The normalized spacial score (nSPS) is 17.8. The van der Waals surface area contributed by atoms with Gasteiger partial charge in [-0.05, 0) is 55.9 Å². The van der Waals surface area contributed by atoms with Gasteiger partial charge >= 0.3 is 6.03 Å². The van der Waals surface area contributed by atoms with Crippen molar-refractivity contribution in [1.29, 1.82) is 0 Å². The van der Waals surface area contributed by atoms with Gasteiger partial charge in [0.05, 0.1) is 0 Å². The highest BCUT2D eigenvalue weighted by molar-refractivity contribution is 6.18. The molecule has 2 aromatic carbocycles. The predicted octanol–water partition coefficient (Wildman–Crippen LogP) is 5.54. The second kappa shape index (κ2) is 9.00. The predicted molar refractivity (Wildman–Crippen MR) is 130 cm³/mol. The standard InChI is InChI=1S/C27H33N3O3/c1-18(2)22-10-8-9-20(4)24(22)28-23(31)17-29-25(32)27(15-6-5-7-16-27)30(26(29)33)21-13-11-19(3)12-14-21/h8-14,18H,5-7,15-17H2,1-4H3,(H,28,31). The van der Waals surface area contributed by atoms with Crippen LogP contribution >= 0.6 is 0 Å². The molecule has 1 aliphatic heterocycles. The molecule has 4 amide bonds. The number of para-hydroxylation sites is 1. The van der Waals surface area contributed by atoms with E-state index in [4.69, 9.17) is 0 Å². The highest BCUT2D eigenvalue weighted by Crippen LogP contribution is 2.43. The van der Waals surface area contributed by atoms with Gasteiger partial charge in [-0.1, -0.05) is 69.0 Å². The van der Waals surface area contributed by atoms with Crippen molar-refractivity contribution in [3.8, 4) is 0 Å². The molecule has 0 bridgehead atoms. The van der Waals surface area contributed by atoms with Crippen LogP contribution < -0.4 is 10.2 Å². The van der Waals surface area contributed by atoms with E-state index in [1.54, 1.807) is 4.90 Å². The number of imide groups is 1. The molecule has 2 aliphatic rings. The second-order valence-corrected chi connectivity index (χ2v) is 9.68. The molecule has 1 spiro atoms. The summed E-state index contributed by atoms with van der Waals surface area (Å²) in [5.41, 5.74) is 3.66. The van der Waals surface area contributed by atoms with Crippen LogP contribution in [0.5, 0.6) is 0 Å². The molecule has 1 aliphatic carbocycles. The van der Waals surface area contributed by atoms with E-state index in [1.165, 1.54) is 0 Å². The molecule has 2 fully saturated rings. The number of anilines is 2. The summed E-state index contributed by atoms with van der Waals surface area (Å²) in [6.45, 7) is 7.80. The summed E-state index contributed by atoms with van der Waals surface area (Å²) in [6, 6.07) is 13.2. The average molecular weight is 448 g/mol. The number of benzene rings is 2. The third-order valence-electron chi connectivity index (χ3n) is 6.96. The summed E-state index contributed by atoms with van der Waals surface area (Å²) in [5.74, 6) is -0.376. The van der Waals surface area contributed by atoms with E-state index >= 15 is 0 Å². The van der Waals surface area contributed by atoms with E-state index in [9.17, 15) is 14.4 Å². The highest BCUT2D eigenvalue weighted by atomic mass is 16.2. The summed E-state index contributed by atoms with van der Waals surface area (Å²) >= 11 is 0. The summed E-state index contributed by atoms with van der Waals surface area (Å²) in [5, 5.41) is 2.98. The van der Waals surface area contributed by atoms with Gasteiger partial charge in [-0.3, -0.25) is 19.4 Å². The fraction of sp³-hybridized carbons (Fsp3) is 0.444. The first-order valence-corrected chi connectivity index (χ1v) is 11.9. The average Bonchev–Trinajstić information content (AvgIpc) is 2.97. The quantitative estimate of drug-likeness (QED) is 0.612. The first-order valence-electron chi connectivity index (χ1n) is 11.9. The zero-order chi connectivity index (χ0) is 23.8. The number of carbonyl (C=O) groups excluding carboxylic acids is 3. The van der Waals surface area contributed by atoms with E-state index in [1.807, 2.05) is 56.3 Å². The van der Waals surface area contributed by atoms with E-state index in [-0.39, 0.29) is 24.3 Å². The number of urea groups is 1. The minimum atomic E-state index is -0.892. The number of nitrogens with zero attached hydrogens (tertiary/aromatic N) is 2. The number of aryl methyl sites for hydroxylation is 2. The van der Waals surface area contributed by atoms with Crippen molar-refractivity contribution in [2.24, 2.45) is 0 Å². The van der Waals surface area contributed by atoms with Gasteiger partial charge in [-0.2, -0.15) is 0 Å². The molecule has 1 saturated carbocycles. The number of amides is 4. The van der Waals surface area contributed by atoms with Gasteiger partial charge < -0.3 is 5.32 Å². The summed E-state index contributed by atoms with van der Waals surface area (Å²) in [6.07, 6.45) is 4.08. The van der Waals surface area contributed by atoms with Crippen molar-refractivity contribution in [3.05, 3.63) is 59.2 Å². The molecule has 6 heteroatoms. The van der Waals surface area contributed by atoms with Crippen LogP contribution in [0.2, 0.25) is 0 Å². The molecule has 6 nitrogen and oxygen atoms in total. The number of hydrogen-bond acceptors (Lipinski definition) is 3. The van der Waals surface area contributed by atoms with Crippen LogP contribution in [0.15, 0.2) is 42.5 Å². The monoisotopic (exact) mass is 447 g/mol. The van der Waals surface area contributed by atoms with Crippen LogP contribution in [0.4, 0.5) is 16.2 Å². The number of nitrogens with one attached hydrogen (secondary N) is 1. The van der Waals surface area contributed by atoms with Crippen LogP contribution in [0.3, 0.4) is 0 Å². The zero-order valence-electron chi connectivity index (χ0n) is 20.0. The first-order chi connectivity index (χ1) is 15.7. The number of rotatable bonds is 5. The van der Waals surface area contributed by atoms with Gasteiger partial charge in [0, 0.05) is 11.4 Å². The van der Waals surface area contributed by atoms with Crippen molar-refractivity contribution < 1.29 is 14.4 Å². The van der Waals surface area contributed by atoms with Crippen molar-refractivity contribution in [3.63, 3.8) is 0 Å². The largest absolute Gasteiger partial charge is 0.332 e. The lowest BCUT2D eigenvalue weighted by Gasteiger charge is -2.38. The van der Waals surface area contributed by atoms with Gasteiger partial charge in [-0.15, -0.1) is 0 Å². The van der Waals surface area contributed by atoms with Crippen LogP contribution in [0, 0.1) is 13.8 Å². The van der Waals surface area contributed by atoms with Crippen molar-refractivity contribution >= 4 is 29.2 Å². The number of carbonyl (C=O) groups is 3. The molecular weight excluding hydrogens is 414 g/mol. The Labute approximate surface area is 196 Å². The van der Waals surface area contributed by atoms with E-state index in [0.717, 1.165) is 46.5 Å². The molecule has 174 valence electrons. The molecule has 1 saturated heterocycles. The summed E-state index contributed by atoms with van der Waals surface area (Å²) in [7, 11) is 0. The Kier molecular flexibility index (Phi) is 6.28. The van der Waals surface area contributed by atoms with Crippen molar-refractivity contribution in [2.45, 2.75) is 71.3 Å². The maximum atomic E-state index is 13.7. The Balaban J connectivity index is 1.62. The Morgan fingerprint density at radius 2 is 1.67 bits per heavy atom. The molecule has 1 N–H and O–H groups in total. The van der Waals surface area contributed by atoms with Crippen molar-refractivity contribution in [1.82, 2.24) is 4.90 Å². The van der Waals surface area contributed by atoms with E-state index in [0.29, 0.717) is 18.5 Å². The van der Waals surface area contributed by atoms with Gasteiger partial charge in [0.1, 0.15) is 12.1 Å². The summed E-state index contributed by atoms with van der Waals surface area (Å²) in [4.78, 5) is 43.1. The van der Waals surface area contributed by atoms with Crippen LogP contribution in [-0.4, -0.2) is 34.8 Å². The third-order valence-corrected chi connectivity index (χ3v) is 6.96. The lowest BCUT2D eigenvalue weighted by molar-refractivity contribution is -0.134. The highest BCUT2D eigenvalue weighted by Gasteiger charge is 2.58. The van der Waals surface area contributed by atoms with Crippen LogP contribution in [0.1, 0.15) is 68.6 Å². The fourth-order valence-electron chi connectivity index (χ4n) is 5.17. The maximum Gasteiger partial charge on any atom is 0.332 e. The van der Waals surface area contributed by atoms with E-state index < -0.39 is 11.6 Å². The zero-order valence-corrected chi connectivity index (χ0v) is 20.0. The molecule has 33 heavy (non-hydrogen) atoms. The molecule has 2 aromatic rings. The van der Waals surface area contributed by atoms with Gasteiger partial charge in [0.2, 0.25) is 5.91 Å². The number of hydrogen-bond donors (Lipinski definition) is 1. The van der Waals surface area contributed by atoms with Gasteiger partial charge in [0.15, 0.2) is 0 Å². The Morgan fingerprint density at radius 3 is 2.30 bits per heavy atom. The van der Waals surface area contributed by atoms with E-state index in [2.05, 4.69) is 19.2 Å². The minimum Gasteiger partial charge on any atom is -0.324 e. The Bertz CT molecular complexity index is 1070. The molecule has 0 radical (unpaired) electrons. The molecule has 0 aromatic heterocycles. The fourth-order valence-corrected chi connectivity index (χ4v) is 5.17. The van der Waals surface area contributed by atoms with Crippen LogP contribution in [-0.2, 0) is 9.59 Å². The second-order valence-electron chi connectivity index (χ2n) is 9.68. The smallest absolute Gasteiger partial charge is 0.324 e. The minimum absolute atomic E-state index is 0.234. The topological polar surface area (TPSA) is 69.7 Å². The third kappa shape index (κ3) is 4.14. The maximum absolute atomic E-state index is 13.7. The molecule has 1 heterocycles. The van der Waals surface area contributed by atoms with Gasteiger partial charge in [-0.25, -0.2) is 4.79 Å². The lowest BCUT2D eigenvalue weighted by Crippen LogP contribution is -2.51. The van der Waals surface area contributed by atoms with Gasteiger partial charge in [0.25, 0.3) is 5.91 Å².